The molecule has 0 bridgehead atoms. The van der Waals surface area contributed by atoms with Gasteiger partial charge in [-0.1, -0.05) is 45.0 Å². The quantitative estimate of drug-likeness (QED) is 0.886. The van der Waals surface area contributed by atoms with Gasteiger partial charge in [-0.25, -0.2) is 0 Å². The maximum absolute atomic E-state index is 4.14. The molecule has 1 heterocycles. The Morgan fingerprint density at radius 3 is 2.37 bits per heavy atom. The molecule has 0 radical (unpaired) electrons. The molecule has 4 heteroatoms. The lowest BCUT2D eigenvalue weighted by atomic mass is 9.86. The summed E-state index contributed by atoms with van der Waals surface area (Å²) in [4.78, 5) is 0. The number of nitrogens with zero attached hydrogens (tertiary/aromatic N) is 2. The fraction of sp³-hybridized carbons (Fsp3) is 0.467. The van der Waals surface area contributed by atoms with Gasteiger partial charge < -0.3 is 5.32 Å². The van der Waals surface area contributed by atoms with Gasteiger partial charge in [0.15, 0.2) is 0 Å². The number of hydrogen-bond donors (Lipinski definition) is 2. The normalized spacial score (nSPS) is 13.5. The summed E-state index contributed by atoms with van der Waals surface area (Å²) in [7, 11) is 1.95. The Balaban J connectivity index is 2.11. The van der Waals surface area contributed by atoms with E-state index in [4.69, 9.17) is 0 Å². The SMILES string of the molecule is CNC(Cc1ccc(C(C)(C)C)cc1)c1cn[nH]n1. The zero-order valence-electron chi connectivity index (χ0n) is 12.1. The Bertz CT molecular complexity index is 494. The molecular formula is C15H22N4. The van der Waals surface area contributed by atoms with Gasteiger partial charge in [0.05, 0.1) is 17.9 Å². The highest BCUT2D eigenvalue weighted by atomic mass is 15.3. The first-order chi connectivity index (χ1) is 9.00. The van der Waals surface area contributed by atoms with Gasteiger partial charge in [0.2, 0.25) is 0 Å². The molecule has 0 aliphatic heterocycles. The molecule has 19 heavy (non-hydrogen) atoms. The molecule has 1 aromatic carbocycles. The number of benzene rings is 1. The summed E-state index contributed by atoms with van der Waals surface area (Å²) in [6.45, 7) is 6.69. The van der Waals surface area contributed by atoms with Gasteiger partial charge in [-0.05, 0) is 30.0 Å². The molecule has 102 valence electrons. The molecular weight excluding hydrogens is 236 g/mol. The van der Waals surface area contributed by atoms with Crippen LogP contribution in [-0.2, 0) is 11.8 Å². The smallest absolute Gasteiger partial charge is 0.0997 e. The summed E-state index contributed by atoms with van der Waals surface area (Å²) in [5.41, 5.74) is 3.81. The van der Waals surface area contributed by atoms with Gasteiger partial charge in [0, 0.05) is 0 Å². The van der Waals surface area contributed by atoms with Crippen LogP contribution in [0, 0.1) is 0 Å². The lowest BCUT2D eigenvalue weighted by Gasteiger charge is -2.20. The van der Waals surface area contributed by atoms with Crippen LogP contribution in [0.2, 0.25) is 0 Å². The fourth-order valence-electron chi connectivity index (χ4n) is 2.11. The van der Waals surface area contributed by atoms with Crippen molar-refractivity contribution >= 4 is 0 Å². The van der Waals surface area contributed by atoms with Gasteiger partial charge in [-0.15, -0.1) is 0 Å². The molecule has 2 aromatic rings. The van der Waals surface area contributed by atoms with Crippen LogP contribution < -0.4 is 5.32 Å². The molecule has 2 N–H and O–H groups in total. The van der Waals surface area contributed by atoms with E-state index in [1.165, 1.54) is 11.1 Å². The molecule has 0 fully saturated rings. The van der Waals surface area contributed by atoms with E-state index in [1.807, 2.05) is 7.05 Å². The molecule has 0 aliphatic carbocycles. The topological polar surface area (TPSA) is 53.6 Å². The highest BCUT2D eigenvalue weighted by Gasteiger charge is 2.15. The Kier molecular flexibility index (Phi) is 4.00. The highest BCUT2D eigenvalue weighted by molar-refractivity contribution is 5.28. The van der Waals surface area contributed by atoms with Crippen LogP contribution in [0.15, 0.2) is 30.5 Å². The lowest BCUT2D eigenvalue weighted by Crippen LogP contribution is -2.19. The molecule has 2 rings (SSSR count). The lowest BCUT2D eigenvalue weighted by molar-refractivity contribution is 0.571. The van der Waals surface area contributed by atoms with E-state index in [1.54, 1.807) is 6.20 Å². The van der Waals surface area contributed by atoms with Crippen molar-refractivity contribution in [2.75, 3.05) is 7.05 Å². The summed E-state index contributed by atoms with van der Waals surface area (Å²) >= 11 is 0. The third-order valence-corrected chi connectivity index (χ3v) is 3.40. The number of hydrogen-bond acceptors (Lipinski definition) is 3. The van der Waals surface area contributed by atoms with Crippen LogP contribution in [-0.4, -0.2) is 22.5 Å². The van der Waals surface area contributed by atoms with E-state index in [0.29, 0.717) is 0 Å². The number of H-pyrrole nitrogens is 1. The van der Waals surface area contributed by atoms with Crippen molar-refractivity contribution in [3.8, 4) is 0 Å². The minimum absolute atomic E-state index is 0.194. The minimum atomic E-state index is 0.194. The molecule has 0 amide bonds. The third kappa shape index (κ3) is 3.41. The van der Waals surface area contributed by atoms with E-state index >= 15 is 0 Å². The Labute approximate surface area is 114 Å². The average molecular weight is 258 g/mol. The summed E-state index contributed by atoms with van der Waals surface area (Å²) in [5.74, 6) is 0. The van der Waals surface area contributed by atoms with Crippen molar-refractivity contribution in [3.05, 3.63) is 47.3 Å². The Morgan fingerprint density at radius 1 is 1.21 bits per heavy atom. The van der Waals surface area contributed by atoms with Crippen LogP contribution >= 0.6 is 0 Å². The molecule has 0 saturated heterocycles. The van der Waals surface area contributed by atoms with Crippen molar-refractivity contribution in [2.45, 2.75) is 38.6 Å². The predicted molar refractivity (Wildman–Crippen MR) is 77.0 cm³/mol. The Hall–Kier alpha value is -1.68. The fourth-order valence-corrected chi connectivity index (χ4v) is 2.11. The predicted octanol–water partition coefficient (Wildman–Crippen LogP) is 2.61. The van der Waals surface area contributed by atoms with Gasteiger partial charge in [0.25, 0.3) is 0 Å². The largest absolute Gasteiger partial charge is 0.311 e. The number of rotatable bonds is 4. The summed E-state index contributed by atoms with van der Waals surface area (Å²) in [5, 5.41) is 13.9. The van der Waals surface area contributed by atoms with E-state index < -0.39 is 0 Å². The van der Waals surface area contributed by atoms with Gasteiger partial charge in [-0.3, -0.25) is 0 Å². The molecule has 4 nitrogen and oxygen atoms in total. The maximum Gasteiger partial charge on any atom is 0.0997 e. The number of likely N-dealkylation sites (N-methyl/N-ethyl adjacent to an activating group) is 1. The molecule has 1 atom stereocenters. The third-order valence-electron chi connectivity index (χ3n) is 3.40. The van der Waals surface area contributed by atoms with Crippen molar-refractivity contribution < 1.29 is 0 Å². The van der Waals surface area contributed by atoms with Gasteiger partial charge in [-0.2, -0.15) is 15.4 Å². The van der Waals surface area contributed by atoms with Crippen molar-refractivity contribution in [1.82, 2.24) is 20.7 Å². The first kappa shape index (κ1) is 13.7. The van der Waals surface area contributed by atoms with Gasteiger partial charge in [0.1, 0.15) is 0 Å². The van der Waals surface area contributed by atoms with E-state index in [0.717, 1.165) is 12.1 Å². The molecule has 0 saturated carbocycles. The van der Waals surface area contributed by atoms with Crippen LogP contribution in [0.1, 0.15) is 43.6 Å². The molecule has 1 aromatic heterocycles. The summed E-state index contributed by atoms with van der Waals surface area (Å²) in [6, 6.07) is 9.02. The standard InChI is InChI=1S/C15H22N4/c1-15(2,3)12-7-5-11(6-8-12)9-13(16-4)14-10-17-19-18-14/h5-8,10,13,16H,9H2,1-4H3,(H,17,18,19). The van der Waals surface area contributed by atoms with Crippen LogP contribution in [0.4, 0.5) is 0 Å². The second-order valence-corrected chi connectivity index (χ2v) is 5.89. The number of aromatic amines is 1. The van der Waals surface area contributed by atoms with Gasteiger partial charge >= 0.3 is 0 Å². The monoisotopic (exact) mass is 258 g/mol. The molecule has 0 aliphatic rings. The highest BCUT2D eigenvalue weighted by Crippen LogP contribution is 2.23. The second-order valence-electron chi connectivity index (χ2n) is 5.89. The Morgan fingerprint density at radius 2 is 1.89 bits per heavy atom. The average Bonchev–Trinajstić information content (AvgIpc) is 2.89. The van der Waals surface area contributed by atoms with Crippen molar-refractivity contribution in [2.24, 2.45) is 0 Å². The number of aromatic nitrogens is 3. The first-order valence-electron chi connectivity index (χ1n) is 6.63. The first-order valence-corrected chi connectivity index (χ1v) is 6.63. The molecule has 0 spiro atoms. The van der Waals surface area contributed by atoms with E-state index in [-0.39, 0.29) is 11.5 Å². The zero-order chi connectivity index (χ0) is 13.9. The maximum atomic E-state index is 4.14. The second kappa shape index (κ2) is 5.53. The zero-order valence-corrected chi connectivity index (χ0v) is 12.1. The van der Waals surface area contributed by atoms with Crippen LogP contribution in [0.25, 0.3) is 0 Å². The van der Waals surface area contributed by atoms with Crippen molar-refractivity contribution in [3.63, 3.8) is 0 Å². The van der Waals surface area contributed by atoms with Crippen molar-refractivity contribution in [1.29, 1.82) is 0 Å². The van der Waals surface area contributed by atoms with E-state index in [2.05, 4.69) is 65.8 Å². The molecule has 1 unspecified atom stereocenters. The summed E-state index contributed by atoms with van der Waals surface area (Å²) < 4.78 is 0. The summed E-state index contributed by atoms with van der Waals surface area (Å²) in [6.07, 6.45) is 2.68. The van der Waals surface area contributed by atoms with E-state index in [9.17, 15) is 0 Å². The van der Waals surface area contributed by atoms with Crippen LogP contribution in [0.5, 0.6) is 0 Å². The number of nitrogens with one attached hydrogen (secondary N) is 2. The van der Waals surface area contributed by atoms with Crippen LogP contribution in [0.3, 0.4) is 0 Å². The minimum Gasteiger partial charge on any atom is -0.311 e.